The van der Waals surface area contributed by atoms with Gasteiger partial charge in [-0.25, -0.2) is 4.79 Å². The van der Waals surface area contributed by atoms with Crippen LogP contribution in [0.15, 0.2) is 17.3 Å². The number of hydrogen-bond acceptors (Lipinski definition) is 7. The van der Waals surface area contributed by atoms with Gasteiger partial charge in [0, 0.05) is 24.6 Å². The van der Waals surface area contributed by atoms with Gasteiger partial charge >= 0.3 is 5.97 Å². The minimum absolute atomic E-state index is 0.124. The number of nitroso groups, excluding NO2 is 1. The van der Waals surface area contributed by atoms with Crippen molar-refractivity contribution in [3.8, 4) is 11.5 Å². The van der Waals surface area contributed by atoms with Gasteiger partial charge in [0.25, 0.3) is 0 Å². The van der Waals surface area contributed by atoms with Crippen LogP contribution >= 0.6 is 11.6 Å². The maximum Gasteiger partial charge on any atom is 0.326 e. The molecule has 1 aromatic carbocycles. The van der Waals surface area contributed by atoms with E-state index in [4.69, 9.17) is 21.1 Å². The molecule has 4 atom stereocenters. The molecule has 10 nitrogen and oxygen atoms in total. The Morgan fingerprint density at radius 2 is 1.75 bits per heavy atom. The van der Waals surface area contributed by atoms with Crippen LogP contribution in [0.5, 0.6) is 11.5 Å². The third-order valence-electron chi connectivity index (χ3n) is 8.12. The van der Waals surface area contributed by atoms with Crippen LogP contribution in [0.1, 0.15) is 83.7 Å². The van der Waals surface area contributed by atoms with Gasteiger partial charge in [-0.15, -0.1) is 0 Å². The Balaban J connectivity index is 1.78. The van der Waals surface area contributed by atoms with Crippen LogP contribution in [-0.4, -0.2) is 60.6 Å². The van der Waals surface area contributed by atoms with Crippen molar-refractivity contribution in [2.45, 2.75) is 90.3 Å². The number of nitrogens with one attached hydrogen (secondary N) is 1. The van der Waals surface area contributed by atoms with E-state index in [0.717, 1.165) is 25.7 Å². The van der Waals surface area contributed by atoms with E-state index in [1.165, 1.54) is 25.5 Å². The van der Waals surface area contributed by atoms with Crippen molar-refractivity contribution in [1.82, 2.24) is 10.2 Å². The first-order chi connectivity index (χ1) is 18.9. The molecule has 0 spiro atoms. The van der Waals surface area contributed by atoms with E-state index < -0.39 is 35.4 Å². The molecule has 1 saturated heterocycles. The standard InChI is InChI=1S/C29H42ClN3O7/c1-29(2,3)26(31-25(34)13-17-9-7-6-8-10-17)27(35)33-16-18(12-22(33)28(36)37)11-21(32-38)19-14-20(30)24(40-5)15-23(19)39-4/h14-15,17-18,21-22,26H,6-13,16H2,1-5H3,(H,31,34)(H,36,37). The molecule has 2 N–H and O–H groups in total. The molecular weight excluding hydrogens is 538 g/mol. The smallest absolute Gasteiger partial charge is 0.326 e. The fraction of sp³-hybridized carbons (Fsp3) is 0.690. The number of aliphatic carboxylic acids is 1. The lowest BCUT2D eigenvalue weighted by molar-refractivity contribution is -0.150. The number of rotatable bonds is 11. The number of halogens is 1. The van der Waals surface area contributed by atoms with Crippen molar-refractivity contribution in [3.05, 3.63) is 27.6 Å². The summed E-state index contributed by atoms with van der Waals surface area (Å²) >= 11 is 6.30. The quantitative estimate of drug-likeness (QED) is 0.337. The molecule has 1 aliphatic carbocycles. The van der Waals surface area contributed by atoms with Gasteiger partial charge in [0.1, 0.15) is 29.6 Å². The third-order valence-corrected chi connectivity index (χ3v) is 8.42. The molecule has 1 heterocycles. The highest BCUT2D eigenvalue weighted by Gasteiger charge is 2.45. The van der Waals surface area contributed by atoms with E-state index >= 15 is 0 Å². The monoisotopic (exact) mass is 579 g/mol. The Labute approximate surface area is 241 Å². The molecule has 0 aromatic heterocycles. The first-order valence-electron chi connectivity index (χ1n) is 14.0. The number of carbonyl (C=O) groups excluding carboxylic acids is 2. The highest BCUT2D eigenvalue weighted by Crippen LogP contribution is 2.41. The van der Waals surface area contributed by atoms with E-state index in [1.807, 2.05) is 20.8 Å². The average molecular weight is 580 g/mol. The molecule has 222 valence electrons. The Bertz CT molecular complexity index is 1080. The van der Waals surface area contributed by atoms with Crippen molar-refractivity contribution in [3.63, 3.8) is 0 Å². The SMILES string of the molecule is COc1cc(OC)c(C(CC2CC(C(=O)O)N(C(=O)C(NC(=O)CC3CCCCC3)C(C)(C)C)C2)N=O)cc1Cl. The number of benzene rings is 1. The summed E-state index contributed by atoms with van der Waals surface area (Å²) in [5.41, 5.74) is -0.178. The van der Waals surface area contributed by atoms with Crippen molar-refractivity contribution in [1.29, 1.82) is 0 Å². The number of methoxy groups -OCH3 is 2. The van der Waals surface area contributed by atoms with Crippen molar-refractivity contribution < 1.29 is 29.0 Å². The number of hydrogen-bond donors (Lipinski definition) is 2. The molecule has 0 bridgehead atoms. The van der Waals surface area contributed by atoms with Gasteiger partial charge in [-0.3, -0.25) is 9.59 Å². The Morgan fingerprint density at radius 3 is 2.30 bits per heavy atom. The Kier molecular flexibility index (Phi) is 10.8. The van der Waals surface area contributed by atoms with Gasteiger partial charge < -0.3 is 24.8 Å². The number of likely N-dealkylation sites (tertiary alicyclic amines) is 1. The second-order valence-corrected chi connectivity index (χ2v) is 12.5. The predicted octanol–water partition coefficient (Wildman–Crippen LogP) is 5.36. The fourth-order valence-electron chi connectivity index (χ4n) is 5.95. The number of nitrogens with zero attached hydrogens (tertiary/aromatic N) is 2. The summed E-state index contributed by atoms with van der Waals surface area (Å²) in [6.45, 7) is 5.68. The normalized spacial score (nSPS) is 21.4. The van der Waals surface area contributed by atoms with E-state index in [0.29, 0.717) is 29.4 Å². The molecule has 0 radical (unpaired) electrons. The average Bonchev–Trinajstić information content (AvgIpc) is 3.34. The van der Waals surface area contributed by atoms with Crippen LogP contribution in [0.2, 0.25) is 5.02 Å². The van der Waals surface area contributed by atoms with Crippen molar-refractivity contribution in [2.75, 3.05) is 20.8 Å². The van der Waals surface area contributed by atoms with E-state index in [-0.39, 0.29) is 36.2 Å². The minimum atomic E-state index is -1.13. The molecule has 1 saturated carbocycles. The number of ether oxygens (including phenoxy) is 2. The lowest BCUT2D eigenvalue weighted by Crippen LogP contribution is -2.56. The minimum Gasteiger partial charge on any atom is -0.496 e. The zero-order valence-electron chi connectivity index (χ0n) is 24.1. The topological polar surface area (TPSA) is 135 Å². The summed E-state index contributed by atoms with van der Waals surface area (Å²) in [7, 11) is 2.93. The number of carboxylic acid groups (broad SMARTS) is 1. The number of amides is 2. The van der Waals surface area contributed by atoms with Gasteiger partial charge in [0.2, 0.25) is 11.8 Å². The first-order valence-corrected chi connectivity index (χ1v) is 14.3. The summed E-state index contributed by atoms with van der Waals surface area (Å²) in [6.07, 6.45) is 6.15. The summed E-state index contributed by atoms with van der Waals surface area (Å²) in [5, 5.41) is 16.5. The second-order valence-electron chi connectivity index (χ2n) is 12.1. The summed E-state index contributed by atoms with van der Waals surface area (Å²) in [6, 6.07) is 0.303. The highest BCUT2D eigenvalue weighted by atomic mass is 35.5. The van der Waals surface area contributed by atoms with Crippen LogP contribution in [0.25, 0.3) is 0 Å². The molecule has 4 unspecified atom stereocenters. The molecular formula is C29H42ClN3O7. The molecule has 11 heteroatoms. The Hall–Kier alpha value is -2.88. The number of carbonyl (C=O) groups is 3. The molecule has 40 heavy (non-hydrogen) atoms. The van der Waals surface area contributed by atoms with Crippen LogP contribution in [-0.2, 0) is 14.4 Å². The Morgan fingerprint density at radius 1 is 1.10 bits per heavy atom. The summed E-state index contributed by atoms with van der Waals surface area (Å²) in [4.78, 5) is 52.3. The maximum atomic E-state index is 13.8. The van der Waals surface area contributed by atoms with Gasteiger partial charge in [-0.1, -0.05) is 56.8 Å². The highest BCUT2D eigenvalue weighted by molar-refractivity contribution is 6.32. The second kappa shape index (κ2) is 13.7. The van der Waals surface area contributed by atoms with Crippen LogP contribution < -0.4 is 14.8 Å². The molecule has 1 aliphatic heterocycles. The first kappa shape index (κ1) is 31.6. The van der Waals surface area contributed by atoms with Crippen LogP contribution in [0, 0.1) is 22.2 Å². The molecule has 2 amide bonds. The van der Waals surface area contributed by atoms with Crippen LogP contribution in [0.3, 0.4) is 0 Å². The zero-order valence-corrected chi connectivity index (χ0v) is 24.8. The lowest BCUT2D eigenvalue weighted by Gasteiger charge is -2.35. The molecule has 1 aromatic rings. The molecule has 2 fully saturated rings. The number of carboxylic acids is 1. The molecule has 3 rings (SSSR count). The van der Waals surface area contributed by atoms with Crippen molar-refractivity contribution in [2.24, 2.45) is 22.4 Å². The van der Waals surface area contributed by atoms with Crippen molar-refractivity contribution >= 4 is 29.4 Å². The van der Waals surface area contributed by atoms with Gasteiger partial charge in [-0.2, -0.15) is 4.91 Å². The molecule has 2 aliphatic rings. The van der Waals surface area contributed by atoms with Gasteiger partial charge in [0.15, 0.2) is 0 Å². The van der Waals surface area contributed by atoms with E-state index in [1.54, 1.807) is 12.1 Å². The summed E-state index contributed by atoms with van der Waals surface area (Å²) in [5.74, 6) is -0.996. The van der Waals surface area contributed by atoms with E-state index in [9.17, 15) is 24.4 Å². The van der Waals surface area contributed by atoms with Gasteiger partial charge in [-0.05, 0) is 49.0 Å². The summed E-state index contributed by atoms with van der Waals surface area (Å²) < 4.78 is 10.7. The lowest BCUT2D eigenvalue weighted by atomic mass is 9.84. The zero-order chi connectivity index (χ0) is 29.6. The third kappa shape index (κ3) is 7.65. The maximum absolute atomic E-state index is 13.8. The van der Waals surface area contributed by atoms with Gasteiger partial charge in [0.05, 0.1) is 19.2 Å². The largest absolute Gasteiger partial charge is 0.496 e. The van der Waals surface area contributed by atoms with E-state index in [2.05, 4.69) is 10.5 Å². The van der Waals surface area contributed by atoms with Crippen LogP contribution in [0.4, 0.5) is 0 Å². The predicted molar refractivity (Wildman–Crippen MR) is 152 cm³/mol. The fourth-order valence-corrected chi connectivity index (χ4v) is 6.19.